The zero-order valence-corrected chi connectivity index (χ0v) is 20.3. The fraction of sp³-hybridized carbons (Fsp3) is 0.480. The quantitative estimate of drug-likeness (QED) is 0.373. The van der Waals surface area contributed by atoms with Crippen molar-refractivity contribution in [2.75, 3.05) is 6.61 Å². The van der Waals surface area contributed by atoms with E-state index < -0.39 is 13.3 Å². The summed E-state index contributed by atoms with van der Waals surface area (Å²) in [6, 6.07) is 10.5. The minimum atomic E-state index is -1.86. The third-order valence-corrected chi connectivity index (χ3v) is 11.3. The molecular weight excluding hydrogens is 405 g/mol. The van der Waals surface area contributed by atoms with Gasteiger partial charge in [-0.05, 0) is 0 Å². The number of carbonyl (C=O) groups excluding carboxylic acids is 1. The molecule has 3 rings (SSSR count). The maximum atomic E-state index is 13.2. The minimum absolute atomic E-state index is 0.137. The second-order valence-electron chi connectivity index (χ2n) is 8.77. The Kier molecular flexibility index (Phi) is 6.70. The normalized spacial score (nSPS) is 14.8. The van der Waals surface area contributed by atoms with Crippen molar-refractivity contribution >= 4 is 19.2 Å². The second-order valence-corrected chi connectivity index (χ2v) is 19.3. The molecule has 0 saturated carbocycles. The topological polar surface area (TPSA) is 26.3 Å². The summed E-state index contributed by atoms with van der Waals surface area (Å²) in [5.74, 6) is 4.94. The van der Waals surface area contributed by atoms with Gasteiger partial charge in [0.2, 0.25) is 0 Å². The van der Waals surface area contributed by atoms with Crippen LogP contribution in [0.3, 0.4) is 0 Å². The summed E-state index contributed by atoms with van der Waals surface area (Å²) in [5, 5.41) is 2.52. The number of hydrogen-bond donors (Lipinski definition) is 0. The molecule has 2 nitrogen and oxygen atoms in total. The monoisotopic (exact) mass is 440 g/mol. The van der Waals surface area contributed by atoms with E-state index in [1.54, 1.807) is 5.56 Å². The summed E-state index contributed by atoms with van der Waals surface area (Å²) in [5.41, 5.74) is 8.97. The van der Waals surface area contributed by atoms with Gasteiger partial charge in [-0.25, -0.2) is 0 Å². The van der Waals surface area contributed by atoms with E-state index >= 15 is 0 Å². The average molecular weight is 439 g/mol. The Labute approximate surface area is 173 Å². The average Bonchev–Trinajstić information content (AvgIpc) is 2.99. The number of benzene rings is 2. The predicted molar refractivity (Wildman–Crippen MR) is 121 cm³/mol. The third kappa shape index (κ3) is 4.07. The van der Waals surface area contributed by atoms with Crippen LogP contribution in [0.2, 0.25) is 11.5 Å². The molecule has 1 aliphatic rings. The first-order chi connectivity index (χ1) is 13.4. The number of fused-ring (bicyclic) bond motifs is 1. The molecule has 1 heterocycles. The van der Waals surface area contributed by atoms with Gasteiger partial charge in [0.15, 0.2) is 0 Å². The van der Waals surface area contributed by atoms with E-state index in [0.717, 1.165) is 42.4 Å². The molecule has 2 aromatic rings. The van der Waals surface area contributed by atoms with E-state index in [9.17, 15) is 4.79 Å². The van der Waals surface area contributed by atoms with Crippen LogP contribution in [0.1, 0.15) is 66.2 Å². The van der Waals surface area contributed by atoms with E-state index in [2.05, 4.69) is 49.6 Å². The first-order valence-corrected chi connectivity index (χ1v) is 18.0. The molecule has 0 N–H and O–H groups in total. The molecule has 150 valence electrons. The third-order valence-electron chi connectivity index (χ3n) is 5.80. The van der Waals surface area contributed by atoms with Gasteiger partial charge in [0.05, 0.1) is 0 Å². The van der Waals surface area contributed by atoms with E-state index in [-0.39, 0.29) is 5.97 Å². The summed E-state index contributed by atoms with van der Waals surface area (Å²) < 4.78 is 5.60. The van der Waals surface area contributed by atoms with Gasteiger partial charge in [0, 0.05) is 0 Å². The van der Waals surface area contributed by atoms with Crippen LogP contribution in [0, 0.1) is 0 Å². The van der Waals surface area contributed by atoms with Gasteiger partial charge < -0.3 is 0 Å². The Bertz CT molecular complexity index is 853. The Hall–Kier alpha value is -1.55. The number of carbonyl (C=O) groups is 1. The molecule has 0 aromatic heterocycles. The summed E-state index contributed by atoms with van der Waals surface area (Å²) in [4.78, 5) is 13.2. The van der Waals surface area contributed by atoms with E-state index in [1.807, 2.05) is 13.0 Å². The van der Waals surface area contributed by atoms with Crippen LogP contribution in [0.25, 0.3) is 11.1 Å². The van der Waals surface area contributed by atoms with Crippen molar-refractivity contribution in [3.05, 3.63) is 58.1 Å². The summed E-state index contributed by atoms with van der Waals surface area (Å²) in [7, 11) is 0. The summed E-state index contributed by atoms with van der Waals surface area (Å²) in [6.45, 7) is 6.78. The summed E-state index contributed by atoms with van der Waals surface area (Å²) >= 11 is -1.86. The fourth-order valence-electron chi connectivity index (χ4n) is 4.82. The zero-order valence-electron chi connectivity index (χ0n) is 18.2. The van der Waals surface area contributed by atoms with E-state index in [0.29, 0.717) is 6.61 Å². The molecule has 3 heteroatoms. The first-order valence-electron chi connectivity index (χ1n) is 10.9. The van der Waals surface area contributed by atoms with Gasteiger partial charge in [0.1, 0.15) is 0 Å². The summed E-state index contributed by atoms with van der Waals surface area (Å²) in [6.07, 6.45) is 4.13. The number of rotatable bonds is 7. The van der Waals surface area contributed by atoms with Gasteiger partial charge in [-0.15, -0.1) is 0 Å². The SMILES string of the molecule is CCCc1c2c(c(CCC)c(-c3ccccc3)c1C(=O)OCC)[CH2][Ge]([CH3])([CH3])[CH2]2. The standard InChI is InChI=1S/C25H34GeO2/c1-6-12-19-21-16-26(4,5)17-22(21)20(13-7-2)24(25(27)28-8-3)23(19)18-14-10-9-11-15-18/h9-11,14-15H,6-8,12-13,16-17H2,1-5H3. The van der Waals surface area contributed by atoms with Crippen LogP contribution >= 0.6 is 0 Å². The molecule has 1 aliphatic heterocycles. The molecule has 0 saturated heterocycles. The first kappa shape index (κ1) is 21.2. The van der Waals surface area contributed by atoms with Crippen LogP contribution in [-0.2, 0) is 28.1 Å². The number of esters is 1. The molecule has 0 aliphatic carbocycles. The zero-order chi connectivity index (χ0) is 20.3. The van der Waals surface area contributed by atoms with Crippen molar-refractivity contribution in [1.82, 2.24) is 0 Å². The van der Waals surface area contributed by atoms with Crippen LogP contribution in [0.15, 0.2) is 30.3 Å². The predicted octanol–water partition coefficient (Wildman–Crippen LogP) is 6.32. The van der Waals surface area contributed by atoms with Gasteiger partial charge in [0.25, 0.3) is 0 Å². The molecule has 0 bridgehead atoms. The molecule has 0 unspecified atom stereocenters. The van der Waals surface area contributed by atoms with Crippen molar-refractivity contribution in [2.24, 2.45) is 0 Å². The molecular formula is C25H34GeO2. The van der Waals surface area contributed by atoms with Gasteiger partial charge in [-0.2, -0.15) is 0 Å². The van der Waals surface area contributed by atoms with E-state index in [1.165, 1.54) is 27.2 Å². The van der Waals surface area contributed by atoms with Crippen molar-refractivity contribution in [1.29, 1.82) is 0 Å². The van der Waals surface area contributed by atoms with Crippen molar-refractivity contribution in [2.45, 2.75) is 68.5 Å². The number of ether oxygens (including phenoxy) is 1. The molecule has 0 fully saturated rings. The Morgan fingerprint density at radius 3 is 2.07 bits per heavy atom. The van der Waals surface area contributed by atoms with Crippen LogP contribution in [0.5, 0.6) is 0 Å². The van der Waals surface area contributed by atoms with Crippen molar-refractivity contribution in [3.8, 4) is 11.1 Å². The van der Waals surface area contributed by atoms with Crippen LogP contribution in [-0.4, -0.2) is 25.8 Å². The Morgan fingerprint density at radius 2 is 1.50 bits per heavy atom. The molecule has 0 radical (unpaired) electrons. The van der Waals surface area contributed by atoms with Gasteiger partial charge in [-0.1, -0.05) is 0 Å². The fourth-order valence-corrected chi connectivity index (χ4v) is 10.9. The second kappa shape index (κ2) is 8.86. The van der Waals surface area contributed by atoms with Gasteiger partial charge >= 0.3 is 173 Å². The molecule has 0 atom stereocenters. The Morgan fingerprint density at radius 1 is 0.929 bits per heavy atom. The number of hydrogen-bond acceptors (Lipinski definition) is 2. The maximum absolute atomic E-state index is 13.2. The molecule has 0 spiro atoms. The molecule has 28 heavy (non-hydrogen) atoms. The van der Waals surface area contributed by atoms with Crippen LogP contribution in [0.4, 0.5) is 0 Å². The van der Waals surface area contributed by atoms with Crippen molar-refractivity contribution in [3.63, 3.8) is 0 Å². The Balaban J connectivity index is 2.40. The molecule has 2 aromatic carbocycles. The van der Waals surface area contributed by atoms with Gasteiger partial charge in [-0.3, -0.25) is 0 Å². The molecule has 0 amide bonds. The van der Waals surface area contributed by atoms with Crippen LogP contribution < -0.4 is 0 Å². The van der Waals surface area contributed by atoms with Crippen molar-refractivity contribution < 1.29 is 9.53 Å². The van der Waals surface area contributed by atoms with E-state index in [4.69, 9.17) is 4.74 Å².